The number of piperidine rings is 1. The maximum atomic E-state index is 13.0. The molecule has 0 spiro atoms. The smallest absolute Gasteiger partial charge is 0.227 e. The highest BCUT2D eigenvalue weighted by atomic mass is 16.5. The van der Waals surface area contributed by atoms with Crippen molar-refractivity contribution in [3.8, 4) is 5.75 Å². The lowest BCUT2D eigenvalue weighted by Crippen LogP contribution is -2.50. The lowest BCUT2D eigenvalue weighted by Gasteiger charge is -2.46. The third-order valence-electron chi connectivity index (χ3n) is 8.74. The monoisotopic (exact) mass is 489 g/mol. The molecule has 5 nitrogen and oxygen atoms in total. The van der Waals surface area contributed by atoms with E-state index in [0.29, 0.717) is 18.1 Å². The van der Waals surface area contributed by atoms with Gasteiger partial charge in [-0.15, -0.1) is 6.58 Å². The van der Waals surface area contributed by atoms with Gasteiger partial charge >= 0.3 is 0 Å². The van der Waals surface area contributed by atoms with Gasteiger partial charge in [-0.2, -0.15) is 0 Å². The van der Waals surface area contributed by atoms with Crippen LogP contribution in [-0.2, 0) is 4.79 Å². The van der Waals surface area contributed by atoms with Crippen molar-refractivity contribution in [2.75, 3.05) is 26.7 Å². The van der Waals surface area contributed by atoms with E-state index in [1.165, 1.54) is 49.7 Å². The van der Waals surface area contributed by atoms with E-state index in [0.717, 1.165) is 44.6 Å². The third kappa shape index (κ3) is 5.63. The molecule has 3 fully saturated rings. The first kappa shape index (κ1) is 25.3. The summed E-state index contributed by atoms with van der Waals surface area (Å²) < 4.78 is 5.63. The second-order valence-electron chi connectivity index (χ2n) is 11.1. The maximum absolute atomic E-state index is 13.0. The number of benzene rings is 1. The van der Waals surface area contributed by atoms with Crippen LogP contribution in [0.25, 0.3) is 0 Å². The number of carbonyl (C=O) groups excluding carboxylic acids is 1. The van der Waals surface area contributed by atoms with Crippen LogP contribution in [0.1, 0.15) is 69.4 Å². The van der Waals surface area contributed by atoms with Crippen LogP contribution in [0.2, 0.25) is 0 Å². The Morgan fingerprint density at radius 1 is 1.17 bits per heavy atom. The summed E-state index contributed by atoms with van der Waals surface area (Å²) in [5.41, 5.74) is 2.61. The van der Waals surface area contributed by atoms with Crippen molar-refractivity contribution in [1.82, 2.24) is 15.1 Å². The largest absolute Gasteiger partial charge is 0.497 e. The van der Waals surface area contributed by atoms with Crippen LogP contribution in [0.3, 0.4) is 0 Å². The molecule has 2 aliphatic heterocycles. The Morgan fingerprint density at radius 3 is 2.75 bits per heavy atom. The van der Waals surface area contributed by atoms with Gasteiger partial charge in [0.25, 0.3) is 0 Å². The fourth-order valence-corrected chi connectivity index (χ4v) is 6.92. The van der Waals surface area contributed by atoms with Gasteiger partial charge in [0.2, 0.25) is 5.91 Å². The number of allylic oxidation sites excluding steroid dienone is 1. The Morgan fingerprint density at radius 2 is 2.00 bits per heavy atom. The van der Waals surface area contributed by atoms with E-state index < -0.39 is 0 Å². The Bertz CT molecular complexity index is 980. The van der Waals surface area contributed by atoms with Crippen molar-refractivity contribution >= 4 is 5.91 Å². The molecule has 4 aliphatic rings. The second kappa shape index (κ2) is 11.8. The van der Waals surface area contributed by atoms with Crippen molar-refractivity contribution in [1.29, 1.82) is 0 Å². The van der Waals surface area contributed by atoms with Crippen LogP contribution in [0.5, 0.6) is 5.75 Å². The van der Waals surface area contributed by atoms with E-state index in [4.69, 9.17) is 4.74 Å². The van der Waals surface area contributed by atoms with Gasteiger partial charge in [0.05, 0.1) is 19.1 Å². The summed E-state index contributed by atoms with van der Waals surface area (Å²) in [5, 5.41) is 3.30. The summed E-state index contributed by atoms with van der Waals surface area (Å²) in [4.78, 5) is 18.3. The van der Waals surface area contributed by atoms with Crippen LogP contribution in [0.4, 0.5) is 0 Å². The first-order valence-corrected chi connectivity index (χ1v) is 14.1. The highest BCUT2D eigenvalue weighted by Gasteiger charge is 2.40. The van der Waals surface area contributed by atoms with E-state index in [1.807, 2.05) is 12.1 Å². The number of nitrogens with one attached hydrogen (secondary N) is 1. The molecule has 194 valence electrons. The standard InChI is InChI=1S/C31H43N3O2/c1-3-19-33-20-18-27-11-7-12-28(22-33)34(27)30(25-8-6-13-29(21-25)36-2)23-14-16-24(17-15-23)31(35)32-26-9-4-5-10-26/h3,6,8,13-16,21,24,26-28,30H,1,4-5,7,9-12,17-20,22H2,2H3,(H,32,35). The lowest BCUT2D eigenvalue weighted by atomic mass is 9.84. The van der Waals surface area contributed by atoms with Gasteiger partial charge in [-0.25, -0.2) is 0 Å². The zero-order valence-electron chi connectivity index (χ0n) is 21.9. The zero-order valence-corrected chi connectivity index (χ0v) is 21.9. The van der Waals surface area contributed by atoms with E-state index >= 15 is 0 Å². The van der Waals surface area contributed by atoms with Gasteiger partial charge in [-0.1, -0.05) is 55.7 Å². The topological polar surface area (TPSA) is 44.8 Å². The van der Waals surface area contributed by atoms with Crippen LogP contribution in [0.15, 0.2) is 60.7 Å². The molecule has 2 aliphatic carbocycles. The summed E-state index contributed by atoms with van der Waals surface area (Å²) in [7, 11) is 1.75. The summed E-state index contributed by atoms with van der Waals surface area (Å²) in [5.74, 6) is 1.03. The molecule has 1 saturated carbocycles. The van der Waals surface area contributed by atoms with Crippen LogP contribution in [0, 0.1) is 5.92 Å². The molecule has 5 rings (SSSR count). The average molecular weight is 490 g/mol. The van der Waals surface area contributed by atoms with Gasteiger partial charge < -0.3 is 10.1 Å². The van der Waals surface area contributed by atoms with Gasteiger partial charge in [-0.05, 0) is 61.8 Å². The predicted octanol–water partition coefficient (Wildman–Crippen LogP) is 5.41. The van der Waals surface area contributed by atoms with Gasteiger partial charge in [0, 0.05) is 37.8 Å². The molecule has 1 aromatic rings. The predicted molar refractivity (Wildman–Crippen MR) is 146 cm³/mol. The molecule has 0 aromatic heterocycles. The van der Waals surface area contributed by atoms with E-state index in [-0.39, 0.29) is 17.9 Å². The van der Waals surface area contributed by atoms with Crippen LogP contribution >= 0.6 is 0 Å². The van der Waals surface area contributed by atoms with Gasteiger partial charge in [-0.3, -0.25) is 14.6 Å². The molecule has 1 aromatic carbocycles. The van der Waals surface area contributed by atoms with Crippen LogP contribution < -0.4 is 10.1 Å². The molecule has 36 heavy (non-hydrogen) atoms. The SMILES string of the molecule is C=CCN1CCC2CCCC(C1)N2C(C1=CCC(C(=O)NC2CCCC2)C=C1)c1cccc(OC)c1. The number of rotatable bonds is 8. The fraction of sp³-hybridized carbons (Fsp3) is 0.581. The fourth-order valence-electron chi connectivity index (χ4n) is 6.92. The first-order valence-electron chi connectivity index (χ1n) is 14.1. The van der Waals surface area contributed by atoms with Gasteiger partial charge in [0.1, 0.15) is 5.75 Å². The Balaban J connectivity index is 1.42. The number of fused-ring (bicyclic) bond motifs is 2. The molecule has 1 N–H and O–H groups in total. The minimum Gasteiger partial charge on any atom is -0.497 e. The van der Waals surface area contributed by atoms with Crippen molar-refractivity contribution < 1.29 is 9.53 Å². The quantitative estimate of drug-likeness (QED) is 0.496. The number of carbonyl (C=O) groups is 1. The summed E-state index contributed by atoms with van der Waals surface area (Å²) in [6.07, 6.45) is 19.3. The average Bonchev–Trinajstić information content (AvgIpc) is 3.39. The number of nitrogens with zero attached hydrogens (tertiary/aromatic N) is 2. The number of methoxy groups -OCH3 is 1. The number of hydrogen-bond acceptors (Lipinski definition) is 4. The zero-order chi connectivity index (χ0) is 24.9. The number of ether oxygens (including phenoxy) is 1. The lowest BCUT2D eigenvalue weighted by molar-refractivity contribution is -0.124. The Kier molecular flexibility index (Phi) is 8.28. The minimum atomic E-state index is -0.0629. The molecule has 4 unspecified atom stereocenters. The highest BCUT2D eigenvalue weighted by molar-refractivity contribution is 5.81. The summed E-state index contributed by atoms with van der Waals surface area (Å²) in [6, 6.07) is 10.2. The second-order valence-corrected chi connectivity index (χ2v) is 11.1. The third-order valence-corrected chi connectivity index (χ3v) is 8.74. The molecule has 0 radical (unpaired) electrons. The van der Waals surface area contributed by atoms with E-state index in [9.17, 15) is 4.79 Å². The summed E-state index contributed by atoms with van der Waals surface area (Å²) >= 11 is 0. The van der Waals surface area contributed by atoms with Crippen molar-refractivity contribution in [2.45, 2.75) is 82.0 Å². The first-order chi connectivity index (χ1) is 17.7. The Labute approximate surface area is 217 Å². The molecule has 2 heterocycles. The van der Waals surface area contributed by atoms with Crippen molar-refractivity contribution in [3.63, 3.8) is 0 Å². The highest BCUT2D eigenvalue weighted by Crippen LogP contribution is 2.42. The molecule has 5 heteroatoms. The number of amides is 1. The van der Waals surface area contributed by atoms with Gasteiger partial charge in [0.15, 0.2) is 0 Å². The molecular formula is C31H43N3O2. The van der Waals surface area contributed by atoms with Crippen molar-refractivity contribution in [2.24, 2.45) is 5.92 Å². The van der Waals surface area contributed by atoms with E-state index in [1.54, 1.807) is 7.11 Å². The van der Waals surface area contributed by atoms with Crippen LogP contribution in [-0.4, -0.2) is 60.6 Å². The van der Waals surface area contributed by atoms with E-state index in [2.05, 4.69) is 58.1 Å². The molecule has 1 amide bonds. The minimum absolute atomic E-state index is 0.0629. The van der Waals surface area contributed by atoms with Crippen molar-refractivity contribution in [3.05, 3.63) is 66.3 Å². The number of hydrogen-bond donors (Lipinski definition) is 1. The molecule has 2 bridgehead atoms. The maximum Gasteiger partial charge on any atom is 0.227 e. The Hall–Kier alpha value is -2.37. The normalized spacial score (nSPS) is 28.2. The molecule has 2 saturated heterocycles. The molecular weight excluding hydrogens is 446 g/mol. The molecule has 4 atom stereocenters. The summed E-state index contributed by atoms with van der Waals surface area (Å²) in [6.45, 7) is 7.18.